The second-order valence-corrected chi connectivity index (χ2v) is 9.40. The van der Waals surface area contributed by atoms with Gasteiger partial charge in [0.1, 0.15) is 6.61 Å². The van der Waals surface area contributed by atoms with Gasteiger partial charge >= 0.3 is 6.03 Å². The number of urea groups is 1. The molecule has 2 amide bonds. The molecule has 0 unspecified atom stereocenters. The minimum atomic E-state index is -3.61. The molecule has 1 fully saturated rings. The molecule has 0 radical (unpaired) electrons. The molecule has 1 atom stereocenters. The number of ether oxygens (including phenoxy) is 2. The first-order valence-electron chi connectivity index (χ1n) is 9.60. The van der Waals surface area contributed by atoms with Crippen LogP contribution < -0.4 is 14.8 Å². The molecule has 8 nitrogen and oxygen atoms in total. The van der Waals surface area contributed by atoms with E-state index in [1.165, 1.54) is 16.4 Å². The number of nitrogens with one attached hydrogen (secondary N) is 1. The Bertz CT molecular complexity index is 1010. The Morgan fingerprint density at radius 3 is 2.40 bits per heavy atom. The van der Waals surface area contributed by atoms with Crippen LogP contribution in [-0.2, 0) is 10.0 Å². The quantitative estimate of drug-likeness (QED) is 0.769. The summed E-state index contributed by atoms with van der Waals surface area (Å²) in [5, 5.41) is 3.32. The lowest BCUT2D eigenvalue weighted by Crippen LogP contribution is -2.54. The number of fused-ring (bicyclic) bond motifs is 1. The number of carbonyl (C=O) groups excluding carboxylic acids is 1. The van der Waals surface area contributed by atoms with Gasteiger partial charge in [0, 0.05) is 31.2 Å². The zero-order chi connectivity index (χ0) is 21.1. The van der Waals surface area contributed by atoms with Gasteiger partial charge in [-0.3, -0.25) is 0 Å². The normalized spacial score (nSPS) is 19.4. The molecule has 0 bridgehead atoms. The Hall–Kier alpha value is -2.49. The van der Waals surface area contributed by atoms with Crippen LogP contribution in [0.3, 0.4) is 0 Å². The molecular formula is C20H22ClN3O5S. The van der Waals surface area contributed by atoms with Crippen molar-refractivity contribution in [3.8, 4) is 11.5 Å². The van der Waals surface area contributed by atoms with Crippen LogP contribution in [0.2, 0.25) is 5.02 Å². The number of hydrogen-bond acceptors (Lipinski definition) is 5. The number of rotatable bonds is 4. The molecule has 10 heteroatoms. The summed E-state index contributed by atoms with van der Waals surface area (Å²) in [5.41, 5.74) is 0. The monoisotopic (exact) mass is 451 g/mol. The smallest absolute Gasteiger partial charge is 0.317 e. The third kappa shape index (κ3) is 4.48. The Morgan fingerprint density at radius 2 is 1.70 bits per heavy atom. The van der Waals surface area contributed by atoms with Crippen molar-refractivity contribution in [2.24, 2.45) is 0 Å². The van der Waals surface area contributed by atoms with Crippen molar-refractivity contribution >= 4 is 27.7 Å². The Kier molecular flexibility index (Phi) is 6.03. The first kappa shape index (κ1) is 20.8. The van der Waals surface area contributed by atoms with Crippen molar-refractivity contribution in [2.75, 3.05) is 39.3 Å². The summed E-state index contributed by atoms with van der Waals surface area (Å²) in [6, 6.07) is 13.2. The third-order valence-corrected chi connectivity index (χ3v) is 7.19. The fourth-order valence-electron chi connectivity index (χ4n) is 3.36. The lowest BCUT2D eigenvalue weighted by molar-refractivity contribution is 0.0893. The molecule has 160 valence electrons. The van der Waals surface area contributed by atoms with Gasteiger partial charge in [0.25, 0.3) is 0 Å². The number of benzene rings is 2. The molecule has 1 N–H and O–H groups in total. The zero-order valence-electron chi connectivity index (χ0n) is 16.2. The van der Waals surface area contributed by atoms with Gasteiger partial charge in [-0.2, -0.15) is 4.31 Å². The second kappa shape index (κ2) is 8.71. The van der Waals surface area contributed by atoms with Crippen LogP contribution in [0.5, 0.6) is 11.5 Å². The standard InChI is InChI=1S/C20H22ClN3O5S/c21-15-5-7-17(8-6-15)30(26,27)24-11-9-23(10-12-24)20(25)22-13-16-14-28-18-3-1-2-4-19(18)29-16/h1-8,16H,9-14H2,(H,22,25)/t16-/m0/s1. The molecule has 0 saturated carbocycles. The van der Waals surface area contributed by atoms with Gasteiger partial charge in [0.2, 0.25) is 10.0 Å². The first-order valence-corrected chi connectivity index (χ1v) is 11.4. The minimum absolute atomic E-state index is 0.194. The van der Waals surface area contributed by atoms with Crippen LogP contribution in [-0.4, -0.2) is 69.1 Å². The molecule has 30 heavy (non-hydrogen) atoms. The van der Waals surface area contributed by atoms with E-state index in [1.54, 1.807) is 17.0 Å². The fourth-order valence-corrected chi connectivity index (χ4v) is 4.91. The van der Waals surface area contributed by atoms with E-state index in [-0.39, 0.29) is 30.1 Å². The summed E-state index contributed by atoms with van der Waals surface area (Å²) in [5.74, 6) is 1.35. The Balaban J connectivity index is 1.27. The van der Waals surface area contributed by atoms with Crippen LogP contribution in [0.15, 0.2) is 53.4 Å². The molecule has 0 aromatic heterocycles. The number of amides is 2. The molecule has 4 rings (SSSR count). The summed E-state index contributed by atoms with van der Waals surface area (Å²) in [7, 11) is -3.61. The number of nitrogens with zero attached hydrogens (tertiary/aromatic N) is 2. The molecule has 2 aromatic carbocycles. The summed E-state index contributed by atoms with van der Waals surface area (Å²) in [6.07, 6.45) is -0.282. The van der Waals surface area contributed by atoms with Crippen LogP contribution in [0.4, 0.5) is 4.79 Å². The summed E-state index contributed by atoms with van der Waals surface area (Å²) >= 11 is 5.84. The SMILES string of the molecule is O=C(NC[C@H]1COc2ccccc2O1)N1CCN(S(=O)(=O)c2ccc(Cl)cc2)CC1. The van der Waals surface area contributed by atoms with Gasteiger partial charge in [-0.15, -0.1) is 0 Å². The number of carbonyl (C=O) groups is 1. The van der Waals surface area contributed by atoms with Crippen molar-refractivity contribution in [2.45, 2.75) is 11.0 Å². The maximum absolute atomic E-state index is 12.7. The highest BCUT2D eigenvalue weighted by atomic mass is 35.5. The molecule has 2 heterocycles. The summed E-state index contributed by atoms with van der Waals surface area (Å²) < 4.78 is 38.3. The fraction of sp³-hybridized carbons (Fsp3) is 0.350. The summed E-state index contributed by atoms with van der Waals surface area (Å²) in [4.78, 5) is 14.3. The molecular weight excluding hydrogens is 430 g/mol. The number of sulfonamides is 1. The van der Waals surface area contributed by atoms with Crippen molar-refractivity contribution in [1.29, 1.82) is 0 Å². The van der Waals surface area contributed by atoms with Crippen LogP contribution in [0.25, 0.3) is 0 Å². The van der Waals surface area contributed by atoms with E-state index in [9.17, 15) is 13.2 Å². The largest absolute Gasteiger partial charge is 0.486 e. The molecule has 0 spiro atoms. The van der Waals surface area contributed by atoms with Crippen molar-refractivity contribution in [3.63, 3.8) is 0 Å². The number of para-hydroxylation sites is 2. The maximum Gasteiger partial charge on any atom is 0.317 e. The Labute approximate surface area is 180 Å². The van der Waals surface area contributed by atoms with E-state index in [2.05, 4.69) is 5.32 Å². The van der Waals surface area contributed by atoms with Gasteiger partial charge < -0.3 is 19.7 Å². The van der Waals surface area contributed by atoms with Gasteiger partial charge in [-0.25, -0.2) is 13.2 Å². The van der Waals surface area contributed by atoms with Crippen molar-refractivity contribution < 1.29 is 22.7 Å². The minimum Gasteiger partial charge on any atom is -0.486 e. The molecule has 1 saturated heterocycles. The van der Waals surface area contributed by atoms with Gasteiger partial charge in [-0.05, 0) is 36.4 Å². The van der Waals surface area contributed by atoms with E-state index >= 15 is 0 Å². The average molecular weight is 452 g/mol. The maximum atomic E-state index is 12.7. The van der Waals surface area contributed by atoms with Crippen LogP contribution in [0.1, 0.15) is 0 Å². The predicted molar refractivity (Wildman–Crippen MR) is 112 cm³/mol. The lowest BCUT2D eigenvalue weighted by Gasteiger charge is -2.34. The predicted octanol–water partition coefficient (Wildman–Crippen LogP) is 2.20. The molecule has 0 aliphatic carbocycles. The first-order chi connectivity index (χ1) is 14.4. The number of hydrogen-bond donors (Lipinski definition) is 1. The van der Waals surface area contributed by atoms with Crippen molar-refractivity contribution in [3.05, 3.63) is 53.6 Å². The highest BCUT2D eigenvalue weighted by Crippen LogP contribution is 2.30. The molecule has 2 aliphatic rings. The van der Waals surface area contributed by atoms with E-state index in [1.807, 2.05) is 24.3 Å². The Morgan fingerprint density at radius 1 is 1.03 bits per heavy atom. The van der Waals surface area contributed by atoms with Gasteiger partial charge in [-0.1, -0.05) is 23.7 Å². The highest BCUT2D eigenvalue weighted by molar-refractivity contribution is 7.89. The number of halogens is 1. The molecule has 2 aromatic rings. The van der Waals surface area contributed by atoms with Crippen molar-refractivity contribution in [1.82, 2.24) is 14.5 Å². The molecule has 2 aliphatic heterocycles. The third-order valence-electron chi connectivity index (χ3n) is 5.03. The van der Waals surface area contributed by atoms with Crippen LogP contribution >= 0.6 is 11.6 Å². The lowest BCUT2D eigenvalue weighted by atomic mass is 10.2. The topological polar surface area (TPSA) is 88.2 Å². The zero-order valence-corrected chi connectivity index (χ0v) is 17.7. The highest BCUT2D eigenvalue weighted by Gasteiger charge is 2.30. The summed E-state index contributed by atoms with van der Waals surface area (Å²) in [6.45, 7) is 1.73. The van der Waals surface area contributed by atoms with E-state index in [4.69, 9.17) is 21.1 Å². The second-order valence-electron chi connectivity index (χ2n) is 7.03. The van der Waals surface area contributed by atoms with Crippen LogP contribution in [0, 0.1) is 0 Å². The van der Waals surface area contributed by atoms with E-state index in [0.717, 1.165) is 0 Å². The van der Waals surface area contributed by atoms with E-state index < -0.39 is 10.0 Å². The average Bonchev–Trinajstić information content (AvgIpc) is 2.77. The number of piperazine rings is 1. The van der Waals surface area contributed by atoms with E-state index in [0.29, 0.717) is 42.8 Å². The van der Waals surface area contributed by atoms with Gasteiger partial charge in [0.15, 0.2) is 17.6 Å². The van der Waals surface area contributed by atoms with Gasteiger partial charge in [0.05, 0.1) is 11.4 Å².